The Hall–Kier alpha value is -4.24. The number of nitrogens with zero attached hydrogens (tertiary/aromatic N) is 5. The summed E-state index contributed by atoms with van der Waals surface area (Å²) in [6.07, 6.45) is 2.27. The lowest BCUT2D eigenvalue weighted by molar-refractivity contribution is -0.119. The first-order valence-electron chi connectivity index (χ1n) is 12.8. The number of rotatable bonds is 7. The molecule has 3 aromatic rings. The van der Waals surface area contributed by atoms with Crippen LogP contribution in [0.5, 0.6) is 5.75 Å². The van der Waals surface area contributed by atoms with Gasteiger partial charge < -0.3 is 31.0 Å². The highest BCUT2D eigenvalue weighted by molar-refractivity contribution is 5.85. The van der Waals surface area contributed by atoms with E-state index in [1.165, 1.54) is 16.8 Å². The molecule has 1 saturated carbocycles. The zero-order valence-electron chi connectivity index (χ0n) is 22.0. The van der Waals surface area contributed by atoms with Crippen LogP contribution in [-0.2, 0) is 11.8 Å². The number of alkyl halides is 1. The molecule has 0 radical (unpaired) electrons. The first kappa shape index (κ1) is 26.4. The van der Waals surface area contributed by atoms with Gasteiger partial charge in [0.1, 0.15) is 17.3 Å². The second-order valence-electron chi connectivity index (χ2n) is 10.7. The SMILES string of the molecule is CC1CN(c2ncc(C#N)c(Nc3ccc4c(c3)cc(OCC(N)=O)c(=O)n4C)n2)CC(C2CC2N)C1(C)F. The summed E-state index contributed by atoms with van der Waals surface area (Å²) in [6.45, 7) is 4.02. The van der Waals surface area contributed by atoms with Crippen molar-refractivity contribution in [1.82, 2.24) is 14.5 Å². The number of pyridine rings is 1. The summed E-state index contributed by atoms with van der Waals surface area (Å²) < 4.78 is 22.3. The van der Waals surface area contributed by atoms with E-state index in [4.69, 9.17) is 16.2 Å². The molecule has 3 heterocycles. The number of nitrogens with one attached hydrogen (secondary N) is 1. The van der Waals surface area contributed by atoms with Crippen molar-refractivity contribution in [2.24, 2.45) is 36.3 Å². The van der Waals surface area contributed by atoms with Crippen molar-refractivity contribution in [3.63, 3.8) is 0 Å². The summed E-state index contributed by atoms with van der Waals surface area (Å²) in [5, 5.41) is 13.5. The molecule has 5 N–H and O–H groups in total. The fourth-order valence-electron chi connectivity index (χ4n) is 5.40. The van der Waals surface area contributed by atoms with Crippen LogP contribution in [0.3, 0.4) is 0 Å². The van der Waals surface area contributed by atoms with E-state index >= 15 is 4.39 Å². The van der Waals surface area contributed by atoms with Gasteiger partial charge in [0.15, 0.2) is 18.2 Å². The lowest BCUT2D eigenvalue weighted by Gasteiger charge is -2.45. The topological polar surface area (TPSA) is 165 Å². The average molecular weight is 535 g/mol. The van der Waals surface area contributed by atoms with E-state index < -0.39 is 23.7 Å². The number of benzene rings is 1. The van der Waals surface area contributed by atoms with Crippen LogP contribution in [0, 0.1) is 29.1 Å². The number of anilines is 3. The maximum absolute atomic E-state index is 15.6. The lowest BCUT2D eigenvalue weighted by atomic mass is 9.74. The molecule has 1 saturated heterocycles. The molecule has 1 aliphatic carbocycles. The number of carbonyl (C=O) groups excluding carboxylic acids is 1. The van der Waals surface area contributed by atoms with E-state index in [-0.39, 0.29) is 35.1 Å². The maximum Gasteiger partial charge on any atom is 0.293 e. The second kappa shape index (κ2) is 9.81. The number of hydrogen-bond acceptors (Lipinski definition) is 9. The highest BCUT2D eigenvalue weighted by Gasteiger charge is 2.54. The zero-order valence-corrected chi connectivity index (χ0v) is 22.0. The summed E-state index contributed by atoms with van der Waals surface area (Å²) >= 11 is 0. The van der Waals surface area contributed by atoms with Gasteiger partial charge in [-0.05, 0) is 43.5 Å². The van der Waals surface area contributed by atoms with Crippen LogP contribution >= 0.6 is 0 Å². The molecule has 5 unspecified atom stereocenters. The van der Waals surface area contributed by atoms with E-state index in [2.05, 4.69) is 21.4 Å². The Morgan fingerprint density at radius 3 is 2.77 bits per heavy atom. The maximum atomic E-state index is 15.6. The molecule has 39 heavy (non-hydrogen) atoms. The predicted octanol–water partition coefficient (Wildman–Crippen LogP) is 1.96. The van der Waals surface area contributed by atoms with E-state index in [0.29, 0.717) is 41.4 Å². The van der Waals surface area contributed by atoms with Gasteiger partial charge in [-0.3, -0.25) is 9.59 Å². The minimum atomic E-state index is -1.34. The number of carbonyl (C=O) groups is 1. The average Bonchev–Trinajstić information content (AvgIpc) is 3.62. The number of hydrogen-bond donors (Lipinski definition) is 3. The van der Waals surface area contributed by atoms with Gasteiger partial charge in [0.25, 0.3) is 11.5 Å². The van der Waals surface area contributed by atoms with Crippen molar-refractivity contribution >= 4 is 34.3 Å². The Morgan fingerprint density at radius 1 is 1.36 bits per heavy atom. The van der Waals surface area contributed by atoms with Crippen LogP contribution in [-0.4, -0.2) is 51.8 Å². The van der Waals surface area contributed by atoms with E-state index in [9.17, 15) is 14.9 Å². The molecule has 204 valence electrons. The fourth-order valence-corrected chi connectivity index (χ4v) is 5.40. The summed E-state index contributed by atoms with van der Waals surface area (Å²) in [5.41, 5.74) is 11.0. The van der Waals surface area contributed by atoms with Gasteiger partial charge >= 0.3 is 0 Å². The molecule has 5 rings (SSSR count). The molecule has 5 atom stereocenters. The van der Waals surface area contributed by atoms with Gasteiger partial charge in [-0.1, -0.05) is 6.92 Å². The van der Waals surface area contributed by atoms with Gasteiger partial charge in [0.05, 0.1) is 11.7 Å². The molecule has 11 nitrogen and oxygen atoms in total. The number of nitriles is 1. The third kappa shape index (κ3) is 4.97. The number of nitrogens with two attached hydrogens (primary N) is 2. The van der Waals surface area contributed by atoms with Crippen molar-refractivity contribution in [3.8, 4) is 11.8 Å². The van der Waals surface area contributed by atoms with Crippen LogP contribution < -0.4 is 32.0 Å². The predicted molar refractivity (Wildman–Crippen MR) is 144 cm³/mol. The number of fused-ring (bicyclic) bond motifs is 1. The molecule has 12 heteroatoms. The molecular weight excluding hydrogens is 503 g/mol. The second-order valence-corrected chi connectivity index (χ2v) is 10.7. The summed E-state index contributed by atoms with van der Waals surface area (Å²) in [6, 6.07) is 8.95. The van der Waals surface area contributed by atoms with Crippen LogP contribution in [0.25, 0.3) is 10.9 Å². The Kier molecular flexibility index (Phi) is 6.64. The molecule has 2 aromatic heterocycles. The molecule has 2 aliphatic rings. The number of ether oxygens (including phenoxy) is 1. The minimum Gasteiger partial charge on any atom is -0.478 e. The normalized spacial score (nSPS) is 26.2. The van der Waals surface area contributed by atoms with Crippen molar-refractivity contribution in [3.05, 3.63) is 46.4 Å². The lowest BCUT2D eigenvalue weighted by Crippen LogP contribution is -2.55. The third-order valence-electron chi connectivity index (χ3n) is 8.01. The Bertz CT molecular complexity index is 1550. The summed E-state index contributed by atoms with van der Waals surface area (Å²) in [5.74, 6) is -0.343. The van der Waals surface area contributed by atoms with Gasteiger partial charge in [-0.2, -0.15) is 10.2 Å². The Balaban J connectivity index is 1.45. The molecule has 0 bridgehead atoms. The number of amides is 1. The molecule has 1 aliphatic heterocycles. The van der Waals surface area contributed by atoms with Crippen LogP contribution in [0.1, 0.15) is 25.8 Å². The largest absolute Gasteiger partial charge is 0.478 e. The number of aryl methyl sites for hydroxylation is 1. The highest BCUT2D eigenvalue weighted by Crippen LogP contribution is 2.48. The molecule has 1 aromatic carbocycles. The smallest absolute Gasteiger partial charge is 0.293 e. The zero-order chi connectivity index (χ0) is 28.1. The third-order valence-corrected chi connectivity index (χ3v) is 8.01. The van der Waals surface area contributed by atoms with E-state index in [0.717, 1.165) is 6.42 Å². The molecule has 0 spiro atoms. The fraction of sp³-hybridized carbons (Fsp3) is 0.444. The van der Waals surface area contributed by atoms with E-state index in [1.807, 2.05) is 11.8 Å². The number of primary amides is 1. The summed E-state index contributed by atoms with van der Waals surface area (Å²) in [7, 11) is 1.60. The van der Waals surface area contributed by atoms with Gasteiger partial charge in [-0.15, -0.1) is 0 Å². The van der Waals surface area contributed by atoms with Crippen LogP contribution in [0.4, 0.5) is 21.8 Å². The highest BCUT2D eigenvalue weighted by atomic mass is 19.1. The summed E-state index contributed by atoms with van der Waals surface area (Å²) in [4.78, 5) is 34.7. The number of halogens is 1. The van der Waals surface area contributed by atoms with Gasteiger partial charge in [-0.25, -0.2) is 9.37 Å². The Morgan fingerprint density at radius 2 is 2.10 bits per heavy atom. The van der Waals surface area contributed by atoms with Gasteiger partial charge in [0.2, 0.25) is 5.95 Å². The van der Waals surface area contributed by atoms with Crippen molar-refractivity contribution < 1.29 is 13.9 Å². The minimum absolute atomic E-state index is 0.00740. The van der Waals surface area contributed by atoms with Gasteiger partial charge in [0, 0.05) is 49.1 Å². The van der Waals surface area contributed by atoms with E-state index in [1.54, 1.807) is 32.2 Å². The monoisotopic (exact) mass is 534 g/mol. The van der Waals surface area contributed by atoms with Crippen molar-refractivity contribution in [2.75, 3.05) is 29.9 Å². The quantitative estimate of drug-likeness (QED) is 0.411. The first-order valence-corrected chi connectivity index (χ1v) is 12.8. The number of piperidine rings is 1. The molecular formula is C27H31FN8O3. The molecule has 2 fully saturated rings. The first-order chi connectivity index (χ1) is 18.5. The van der Waals surface area contributed by atoms with Crippen LogP contribution in [0.2, 0.25) is 0 Å². The molecule has 1 amide bonds. The Labute approximate surface area is 224 Å². The van der Waals surface area contributed by atoms with Crippen molar-refractivity contribution in [2.45, 2.75) is 32.0 Å². The van der Waals surface area contributed by atoms with Crippen molar-refractivity contribution in [1.29, 1.82) is 5.26 Å². The number of aromatic nitrogens is 3. The van der Waals surface area contributed by atoms with Crippen LogP contribution in [0.15, 0.2) is 35.3 Å². The standard InChI is InChI=1S/C27H31FN8O3/c1-14-11-36(12-19(27(14,2)28)18-8-20(18)30)26-32-10-16(9-29)24(34-26)33-17-4-5-21-15(6-17)7-22(25(38)35(21)3)39-13-23(31)37/h4-7,10,14,18-20H,8,11-13,30H2,1-3H3,(H2,31,37)(H,32,33,34).